The zero-order chi connectivity index (χ0) is 23.2. The Balaban J connectivity index is 1.62. The number of anilines is 1. The van der Waals surface area contributed by atoms with Crippen molar-refractivity contribution in [2.75, 3.05) is 19.5 Å². The van der Waals surface area contributed by atoms with Crippen LogP contribution in [0.1, 0.15) is 34.4 Å². The molecule has 2 aliphatic rings. The van der Waals surface area contributed by atoms with E-state index in [0.29, 0.717) is 17.4 Å². The molecule has 2 aliphatic heterocycles. The minimum Gasteiger partial charge on any atom is -0.493 e. The molecule has 0 aliphatic carbocycles. The van der Waals surface area contributed by atoms with Gasteiger partial charge in [-0.3, -0.25) is 0 Å². The van der Waals surface area contributed by atoms with Gasteiger partial charge in [0.1, 0.15) is 24.2 Å². The highest BCUT2D eigenvalue weighted by Gasteiger charge is 2.41. The van der Waals surface area contributed by atoms with E-state index in [1.165, 1.54) is 5.56 Å². The second-order valence-corrected chi connectivity index (χ2v) is 8.35. The van der Waals surface area contributed by atoms with Crippen LogP contribution in [0.3, 0.4) is 0 Å². The molecule has 7 heteroatoms. The van der Waals surface area contributed by atoms with Crippen molar-refractivity contribution in [3.8, 4) is 17.2 Å². The number of hydrogen-bond donors (Lipinski definition) is 1. The fraction of sp³-hybridized carbons (Fsp3) is 0.185. The molecule has 0 radical (unpaired) electrons. The molecule has 1 N–H and O–H groups in total. The summed E-state index contributed by atoms with van der Waals surface area (Å²) in [4.78, 5) is 4.50. The first-order valence-electron chi connectivity index (χ1n) is 11.1. The van der Waals surface area contributed by atoms with Crippen molar-refractivity contribution >= 4 is 11.6 Å². The van der Waals surface area contributed by atoms with Gasteiger partial charge in [0.2, 0.25) is 5.95 Å². The van der Waals surface area contributed by atoms with E-state index in [-0.39, 0.29) is 12.1 Å². The van der Waals surface area contributed by atoms with Gasteiger partial charge >= 0.3 is 0 Å². The third kappa shape index (κ3) is 3.04. The lowest BCUT2D eigenvalue weighted by atomic mass is 9.83. The van der Waals surface area contributed by atoms with Crippen LogP contribution in [0, 0.1) is 6.92 Å². The molecule has 6 rings (SSSR count). The molecule has 3 aromatic carbocycles. The summed E-state index contributed by atoms with van der Waals surface area (Å²) in [5.74, 6) is 2.84. The topological polar surface area (TPSA) is 70.4 Å². The molecular formula is C27H24N4O3. The van der Waals surface area contributed by atoms with Crippen molar-refractivity contribution < 1.29 is 14.2 Å². The summed E-state index contributed by atoms with van der Waals surface area (Å²) in [6.45, 7) is 2.12. The SMILES string of the molecule is COc1ccc([C@H]2Oc3ccccc3C3=C2[C@H](c2ccccc2C)n2ncnc2N3)cc1OC. The Kier molecular flexibility index (Phi) is 4.76. The van der Waals surface area contributed by atoms with E-state index in [1.807, 2.05) is 41.1 Å². The number of aryl methyl sites for hydroxylation is 1. The van der Waals surface area contributed by atoms with Crippen LogP contribution in [0.25, 0.3) is 5.70 Å². The van der Waals surface area contributed by atoms with Gasteiger partial charge in [0, 0.05) is 16.7 Å². The normalized spacial score (nSPS) is 18.2. The van der Waals surface area contributed by atoms with Crippen molar-refractivity contribution in [2.24, 2.45) is 0 Å². The Hall–Kier alpha value is -4.26. The van der Waals surface area contributed by atoms with Crippen LogP contribution in [0.5, 0.6) is 17.2 Å². The van der Waals surface area contributed by atoms with Gasteiger partial charge in [-0.1, -0.05) is 42.5 Å². The molecular weight excluding hydrogens is 428 g/mol. The Bertz CT molecular complexity index is 1420. The molecule has 170 valence electrons. The molecule has 0 fully saturated rings. The number of fused-ring (bicyclic) bond motifs is 3. The maximum absolute atomic E-state index is 6.69. The Labute approximate surface area is 197 Å². The van der Waals surface area contributed by atoms with Gasteiger partial charge in [0.15, 0.2) is 11.5 Å². The van der Waals surface area contributed by atoms with Crippen molar-refractivity contribution in [3.63, 3.8) is 0 Å². The predicted molar refractivity (Wildman–Crippen MR) is 129 cm³/mol. The number of para-hydroxylation sites is 1. The lowest BCUT2D eigenvalue weighted by Crippen LogP contribution is -2.32. The van der Waals surface area contributed by atoms with Crippen LogP contribution < -0.4 is 19.5 Å². The molecule has 34 heavy (non-hydrogen) atoms. The van der Waals surface area contributed by atoms with E-state index in [1.54, 1.807) is 20.5 Å². The van der Waals surface area contributed by atoms with E-state index < -0.39 is 0 Å². The van der Waals surface area contributed by atoms with Gasteiger partial charge in [-0.15, -0.1) is 0 Å². The molecule has 0 spiro atoms. The molecule has 0 saturated heterocycles. The largest absolute Gasteiger partial charge is 0.493 e. The van der Waals surface area contributed by atoms with Crippen LogP contribution in [0.15, 0.2) is 78.6 Å². The molecule has 7 nitrogen and oxygen atoms in total. The molecule has 0 bridgehead atoms. The number of rotatable bonds is 4. The summed E-state index contributed by atoms with van der Waals surface area (Å²) in [5, 5.41) is 8.14. The smallest absolute Gasteiger partial charge is 0.226 e. The maximum atomic E-state index is 6.69. The van der Waals surface area contributed by atoms with Crippen molar-refractivity contribution in [1.29, 1.82) is 0 Å². The Morgan fingerprint density at radius 2 is 1.74 bits per heavy atom. The number of methoxy groups -OCH3 is 2. The highest BCUT2D eigenvalue weighted by atomic mass is 16.5. The van der Waals surface area contributed by atoms with Crippen LogP contribution in [-0.2, 0) is 0 Å². The molecule has 2 atom stereocenters. The third-order valence-electron chi connectivity index (χ3n) is 6.51. The van der Waals surface area contributed by atoms with E-state index in [4.69, 9.17) is 14.2 Å². The van der Waals surface area contributed by atoms with Gasteiger partial charge in [-0.2, -0.15) is 10.1 Å². The number of benzene rings is 3. The van der Waals surface area contributed by atoms with E-state index in [2.05, 4.69) is 52.7 Å². The quantitative estimate of drug-likeness (QED) is 0.461. The summed E-state index contributed by atoms with van der Waals surface area (Å²) >= 11 is 0. The molecule has 4 aromatic rings. The lowest BCUT2D eigenvalue weighted by molar-refractivity contribution is 0.222. The number of nitrogens with one attached hydrogen (secondary N) is 1. The first-order chi connectivity index (χ1) is 16.7. The second-order valence-electron chi connectivity index (χ2n) is 8.35. The summed E-state index contributed by atoms with van der Waals surface area (Å²) in [6, 6.07) is 22.2. The third-order valence-corrected chi connectivity index (χ3v) is 6.51. The molecule has 0 amide bonds. The van der Waals surface area contributed by atoms with Crippen LogP contribution in [0.2, 0.25) is 0 Å². The van der Waals surface area contributed by atoms with Gasteiger partial charge < -0.3 is 19.5 Å². The minimum absolute atomic E-state index is 0.193. The molecule has 0 saturated carbocycles. The van der Waals surface area contributed by atoms with Crippen LogP contribution in [0.4, 0.5) is 5.95 Å². The van der Waals surface area contributed by atoms with Gasteiger partial charge in [0.05, 0.1) is 19.9 Å². The van der Waals surface area contributed by atoms with Crippen molar-refractivity contribution in [2.45, 2.75) is 19.1 Å². The monoisotopic (exact) mass is 452 g/mol. The minimum atomic E-state index is -0.376. The summed E-state index contributed by atoms with van der Waals surface area (Å²) in [5.41, 5.74) is 6.35. The highest BCUT2D eigenvalue weighted by molar-refractivity contribution is 5.85. The zero-order valence-electron chi connectivity index (χ0n) is 19.1. The number of aromatic nitrogens is 3. The fourth-order valence-electron chi connectivity index (χ4n) is 4.90. The van der Waals surface area contributed by atoms with Gasteiger partial charge in [-0.25, -0.2) is 4.68 Å². The van der Waals surface area contributed by atoms with E-state index in [9.17, 15) is 0 Å². The Morgan fingerprint density at radius 3 is 2.56 bits per heavy atom. The number of nitrogens with zero attached hydrogens (tertiary/aromatic N) is 3. The fourth-order valence-corrected chi connectivity index (χ4v) is 4.90. The Morgan fingerprint density at radius 1 is 0.941 bits per heavy atom. The average Bonchev–Trinajstić information content (AvgIpc) is 3.35. The summed E-state index contributed by atoms with van der Waals surface area (Å²) in [6.07, 6.45) is 1.21. The maximum Gasteiger partial charge on any atom is 0.226 e. The first-order valence-corrected chi connectivity index (χ1v) is 11.1. The van der Waals surface area contributed by atoms with Crippen LogP contribution in [-0.4, -0.2) is 29.0 Å². The standard InChI is InChI=1S/C27H24N4O3/c1-16-8-4-5-9-18(16)25-23-24(30-27-28-15-29-31(25)27)19-10-6-7-11-20(19)34-26(23)17-12-13-21(32-2)22(14-17)33-3/h4-15,25-26H,1-3H3,(H,28,29,30)/t25-,26+/m0/s1. The van der Waals surface area contributed by atoms with Crippen molar-refractivity contribution in [3.05, 3.63) is 101 Å². The second kappa shape index (κ2) is 7.95. The van der Waals surface area contributed by atoms with Gasteiger partial charge in [0.25, 0.3) is 0 Å². The summed E-state index contributed by atoms with van der Waals surface area (Å²) < 4.78 is 19.7. The molecule has 1 aromatic heterocycles. The lowest BCUT2D eigenvalue weighted by Gasteiger charge is -2.39. The predicted octanol–water partition coefficient (Wildman–Crippen LogP) is 5.16. The number of ether oxygens (including phenoxy) is 3. The van der Waals surface area contributed by atoms with Crippen molar-refractivity contribution in [1.82, 2.24) is 14.8 Å². The zero-order valence-corrected chi connectivity index (χ0v) is 19.1. The average molecular weight is 453 g/mol. The highest BCUT2D eigenvalue weighted by Crippen LogP contribution is 2.51. The molecule has 0 unspecified atom stereocenters. The van der Waals surface area contributed by atoms with Gasteiger partial charge in [-0.05, 0) is 42.3 Å². The van der Waals surface area contributed by atoms with Crippen LogP contribution >= 0.6 is 0 Å². The number of hydrogen-bond acceptors (Lipinski definition) is 6. The molecule has 3 heterocycles. The summed E-state index contributed by atoms with van der Waals surface area (Å²) in [7, 11) is 3.28. The van der Waals surface area contributed by atoms with E-state index in [0.717, 1.165) is 33.7 Å². The van der Waals surface area contributed by atoms with E-state index >= 15 is 0 Å². The first kappa shape index (κ1) is 20.4.